The summed E-state index contributed by atoms with van der Waals surface area (Å²) in [6.45, 7) is 9.68. The number of thiazole rings is 1. The van der Waals surface area contributed by atoms with E-state index in [1.807, 2.05) is 39.8 Å². The number of piperidine rings is 1. The highest BCUT2D eigenvalue weighted by atomic mass is 32.1. The molecule has 2 aromatic rings. The van der Waals surface area contributed by atoms with Gasteiger partial charge in [0.15, 0.2) is 5.13 Å². The van der Waals surface area contributed by atoms with E-state index in [1.54, 1.807) is 0 Å². The molecule has 0 saturated carbocycles. The van der Waals surface area contributed by atoms with Gasteiger partial charge in [-0.3, -0.25) is 14.5 Å². The van der Waals surface area contributed by atoms with E-state index in [2.05, 4.69) is 26.6 Å². The number of hydrogen-bond acceptors (Lipinski definition) is 5. The van der Waals surface area contributed by atoms with Crippen molar-refractivity contribution in [1.29, 1.82) is 0 Å². The molecule has 0 bridgehead atoms. The van der Waals surface area contributed by atoms with Crippen LogP contribution in [-0.2, 0) is 9.59 Å². The Morgan fingerprint density at radius 3 is 2.50 bits per heavy atom. The number of nitrogens with zero attached hydrogens (tertiary/aromatic N) is 2. The molecule has 1 aliphatic rings. The molecule has 28 heavy (non-hydrogen) atoms. The molecule has 1 aromatic heterocycles. The van der Waals surface area contributed by atoms with Gasteiger partial charge in [0.2, 0.25) is 11.8 Å². The number of carbonyl (C=O) groups excluding carboxylic acids is 2. The van der Waals surface area contributed by atoms with Gasteiger partial charge < -0.3 is 10.6 Å². The molecular formula is C21H28N4O2S. The lowest BCUT2D eigenvalue weighted by Gasteiger charge is -2.31. The van der Waals surface area contributed by atoms with Crippen LogP contribution in [0.2, 0.25) is 0 Å². The first kappa shape index (κ1) is 20.5. The Labute approximate surface area is 170 Å². The van der Waals surface area contributed by atoms with Gasteiger partial charge in [-0.2, -0.15) is 0 Å². The van der Waals surface area contributed by atoms with Crippen LogP contribution in [0.1, 0.15) is 34.5 Å². The minimum absolute atomic E-state index is 0.0290. The molecule has 1 aromatic carbocycles. The van der Waals surface area contributed by atoms with Crippen LogP contribution in [0.25, 0.3) is 0 Å². The zero-order valence-corrected chi connectivity index (χ0v) is 17.8. The molecule has 150 valence electrons. The van der Waals surface area contributed by atoms with E-state index < -0.39 is 0 Å². The fraction of sp³-hybridized carbons (Fsp3) is 0.476. The Balaban J connectivity index is 1.54. The Morgan fingerprint density at radius 2 is 1.86 bits per heavy atom. The lowest BCUT2D eigenvalue weighted by atomic mass is 9.97. The first-order chi connectivity index (χ1) is 13.3. The summed E-state index contributed by atoms with van der Waals surface area (Å²) in [5.41, 5.74) is 4.04. The second kappa shape index (κ2) is 8.84. The summed E-state index contributed by atoms with van der Waals surface area (Å²) in [4.78, 5) is 32.6. The third-order valence-corrected chi connectivity index (χ3v) is 6.00. The molecule has 0 aliphatic carbocycles. The standard InChI is InChI=1S/C21H28N4O2S/c1-13-8-14(2)10-18(9-13)23-20(27)17-6-5-7-25(11-17)12-19(26)24-21-22-15(3)16(4)28-21/h8-10,17H,5-7,11-12H2,1-4H3,(H,23,27)(H,22,24,26). The lowest BCUT2D eigenvalue weighted by molar-refractivity contribution is -0.123. The zero-order chi connectivity index (χ0) is 20.3. The van der Waals surface area contributed by atoms with Gasteiger partial charge in [0.1, 0.15) is 0 Å². The van der Waals surface area contributed by atoms with E-state index in [0.29, 0.717) is 11.7 Å². The summed E-state index contributed by atoms with van der Waals surface area (Å²) < 4.78 is 0. The highest BCUT2D eigenvalue weighted by Crippen LogP contribution is 2.22. The van der Waals surface area contributed by atoms with Crippen molar-refractivity contribution in [3.8, 4) is 0 Å². The van der Waals surface area contributed by atoms with Gasteiger partial charge in [0.05, 0.1) is 18.2 Å². The van der Waals surface area contributed by atoms with Gasteiger partial charge >= 0.3 is 0 Å². The largest absolute Gasteiger partial charge is 0.326 e. The molecule has 1 fully saturated rings. The third-order valence-electron chi connectivity index (χ3n) is 5.01. The fourth-order valence-corrected chi connectivity index (χ4v) is 4.42. The van der Waals surface area contributed by atoms with Crippen LogP contribution < -0.4 is 10.6 Å². The van der Waals surface area contributed by atoms with Crippen molar-refractivity contribution < 1.29 is 9.59 Å². The Morgan fingerprint density at radius 1 is 1.14 bits per heavy atom. The van der Waals surface area contributed by atoms with Gasteiger partial charge in [-0.1, -0.05) is 6.07 Å². The minimum Gasteiger partial charge on any atom is -0.326 e. The second-order valence-electron chi connectivity index (χ2n) is 7.65. The molecule has 2 heterocycles. The highest BCUT2D eigenvalue weighted by Gasteiger charge is 2.27. The SMILES string of the molecule is Cc1cc(C)cc(NC(=O)C2CCCN(CC(=O)Nc3nc(C)c(C)s3)C2)c1. The molecule has 6 nitrogen and oxygen atoms in total. The summed E-state index contributed by atoms with van der Waals surface area (Å²) in [5.74, 6) is -0.155. The number of aryl methyl sites for hydroxylation is 4. The number of nitrogens with one attached hydrogen (secondary N) is 2. The molecule has 0 spiro atoms. The van der Waals surface area contributed by atoms with Crippen molar-refractivity contribution in [3.63, 3.8) is 0 Å². The number of likely N-dealkylation sites (tertiary alicyclic amines) is 1. The van der Waals surface area contributed by atoms with Gasteiger partial charge in [-0.15, -0.1) is 11.3 Å². The van der Waals surface area contributed by atoms with Crippen LogP contribution in [0.5, 0.6) is 0 Å². The fourth-order valence-electron chi connectivity index (χ4n) is 3.59. The zero-order valence-electron chi connectivity index (χ0n) is 17.0. The number of benzene rings is 1. The Bertz CT molecular complexity index is 838. The molecular weight excluding hydrogens is 372 g/mol. The first-order valence-corrected chi connectivity index (χ1v) is 10.5. The molecule has 1 atom stereocenters. The van der Waals surface area contributed by atoms with Crippen LogP contribution in [0.4, 0.5) is 10.8 Å². The van der Waals surface area contributed by atoms with Crippen LogP contribution in [0.15, 0.2) is 18.2 Å². The monoisotopic (exact) mass is 400 g/mol. The number of aromatic nitrogens is 1. The number of hydrogen-bond donors (Lipinski definition) is 2. The van der Waals surface area contributed by atoms with Gasteiger partial charge in [0, 0.05) is 17.1 Å². The maximum absolute atomic E-state index is 12.7. The molecule has 7 heteroatoms. The summed E-state index contributed by atoms with van der Waals surface area (Å²) in [6, 6.07) is 6.05. The molecule has 3 rings (SSSR count). The van der Waals surface area contributed by atoms with Gasteiger partial charge in [0.25, 0.3) is 0 Å². The van der Waals surface area contributed by atoms with E-state index in [-0.39, 0.29) is 24.3 Å². The number of rotatable bonds is 5. The van der Waals surface area contributed by atoms with Crippen molar-refractivity contribution in [2.45, 2.75) is 40.5 Å². The van der Waals surface area contributed by atoms with Gasteiger partial charge in [-0.05, 0) is 70.3 Å². The topological polar surface area (TPSA) is 74.3 Å². The summed E-state index contributed by atoms with van der Waals surface area (Å²) >= 11 is 1.49. The van der Waals surface area contributed by atoms with E-state index in [1.165, 1.54) is 11.3 Å². The summed E-state index contributed by atoms with van der Waals surface area (Å²) in [5, 5.41) is 6.55. The van der Waals surface area contributed by atoms with E-state index in [0.717, 1.165) is 46.8 Å². The molecule has 1 unspecified atom stereocenters. The third kappa shape index (κ3) is 5.39. The first-order valence-electron chi connectivity index (χ1n) is 9.65. The summed E-state index contributed by atoms with van der Waals surface area (Å²) in [7, 11) is 0. The molecule has 2 amide bonds. The Kier molecular flexibility index (Phi) is 6.46. The summed E-state index contributed by atoms with van der Waals surface area (Å²) in [6.07, 6.45) is 1.76. The quantitative estimate of drug-likeness (QED) is 0.803. The molecule has 1 saturated heterocycles. The van der Waals surface area contributed by atoms with E-state index in [4.69, 9.17) is 0 Å². The molecule has 1 aliphatic heterocycles. The van der Waals surface area contributed by atoms with Crippen LogP contribution in [-0.4, -0.2) is 41.3 Å². The van der Waals surface area contributed by atoms with Crippen molar-refractivity contribution in [1.82, 2.24) is 9.88 Å². The number of amides is 2. The smallest absolute Gasteiger partial charge is 0.240 e. The average molecular weight is 401 g/mol. The molecule has 0 radical (unpaired) electrons. The number of carbonyl (C=O) groups is 2. The van der Waals surface area contributed by atoms with E-state index >= 15 is 0 Å². The van der Waals surface area contributed by atoms with Crippen LogP contribution in [0, 0.1) is 33.6 Å². The van der Waals surface area contributed by atoms with Crippen LogP contribution in [0.3, 0.4) is 0 Å². The van der Waals surface area contributed by atoms with Crippen molar-refractivity contribution in [2.24, 2.45) is 5.92 Å². The minimum atomic E-state index is -0.105. The van der Waals surface area contributed by atoms with E-state index in [9.17, 15) is 9.59 Å². The Hall–Kier alpha value is -2.25. The normalized spacial score (nSPS) is 17.4. The average Bonchev–Trinajstić information content (AvgIpc) is 2.91. The van der Waals surface area contributed by atoms with Crippen molar-refractivity contribution in [3.05, 3.63) is 39.9 Å². The van der Waals surface area contributed by atoms with Crippen molar-refractivity contribution in [2.75, 3.05) is 30.3 Å². The second-order valence-corrected chi connectivity index (χ2v) is 8.85. The predicted octanol–water partition coefficient (Wildman–Crippen LogP) is 3.67. The highest BCUT2D eigenvalue weighted by molar-refractivity contribution is 7.15. The maximum Gasteiger partial charge on any atom is 0.240 e. The maximum atomic E-state index is 12.7. The molecule has 2 N–H and O–H groups in total. The van der Waals surface area contributed by atoms with Crippen LogP contribution >= 0.6 is 11.3 Å². The predicted molar refractivity (Wildman–Crippen MR) is 114 cm³/mol. The lowest BCUT2D eigenvalue weighted by Crippen LogP contribution is -2.44. The van der Waals surface area contributed by atoms with Gasteiger partial charge in [-0.25, -0.2) is 4.98 Å². The number of anilines is 2. The van der Waals surface area contributed by atoms with Crippen molar-refractivity contribution >= 4 is 34.0 Å².